The predicted octanol–water partition coefficient (Wildman–Crippen LogP) is 4.26. The van der Waals surface area contributed by atoms with E-state index in [1.54, 1.807) is 0 Å². The van der Waals surface area contributed by atoms with Crippen molar-refractivity contribution in [2.75, 3.05) is 19.8 Å². The zero-order valence-corrected chi connectivity index (χ0v) is 20.8. The Labute approximate surface area is 203 Å². The van der Waals surface area contributed by atoms with Gasteiger partial charge in [0.25, 0.3) is 0 Å². The van der Waals surface area contributed by atoms with E-state index in [-0.39, 0.29) is 23.3 Å². The van der Waals surface area contributed by atoms with Crippen LogP contribution in [-0.4, -0.2) is 49.4 Å². The van der Waals surface area contributed by atoms with Crippen LogP contribution >= 0.6 is 0 Å². The number of nitrogens with zero attached hydrogens (tertiary/aromatic N) is 1. The van der Waals surface area contributed by atoms with E-state index in [0.29, 0.717) is 44.4 Å². The minimum absolute atomic E-state index is 0.0274. The molecule has 3 rings (SSSR count). The second kappa shape index (κ2) is 13.0. The number of carbonyl (C=O) groups excluding carboxylic acids is 3. The molecule has 0 aromatic carbocycles. The van der Waals surface area contributed by atoms with Crippen LogP contribution in [0.3, 0.4) is 0 Å². The number of hydrogen-bond donors (Lipinski definition) is 3. The molecule has 1 atom stereocenters. The molecule has 9 heteroatoms. The fraction of sp³-hybridized carbons (Fsp3) is 0.840. The summed E-state index contributed by atoms with van der Waals surface area (Å²) in [6.45, 7) is 5.11. The number of aliphatic imine (C=N–C) groups is 1. The van der Waals surface area contributed by atoms with Crippen molar-refractivity contribution in [2.45, 2.75) is 96.4 Å². The average Bonchev–Trinajstić information content (AvgIpc) is 2.82. The molecule has 3 aliphatic rings. The van der Waals surface area contributed by atoms with E-state index in [1.165, 1.54) is 38.5 Å². The molecule has 0 spiro atoms. The second-order valence-electron chi connectivity index (χ2n) is 10.6. The molecule has 1 aliphatic heterocycles. The van der Waals surface area contributed by atoms with Gasteiger partial charge in [0.05, 0.1) is 19.1 Å². The van der Waals surface area contributed by atoms with Gasteiger partial charge < -0.3 is 14.8 Å². The molecule has 0 radical (unpaired) electrons. The first-order valence-electron chi connectivity index (χ1n) is 13.1. The molecule has 1 heterocycles. The Hall–Kier alpha value is -2.32. The van der Waals surface area contributed by atoms with Crippen LogP contribution < -0.4 is 16.0 Å². The van der Waals surface area contributed by atoms with Gasteiger partial charge in [-0.05, 0) is 64.2 Å². The fourth-order valence-electron chi connectivity index (χ4n) is 5.19. The largest absolute Gasteiger partial charge is 0.449 e. The Kier molecular flexibility index (Phi) is 10.0. The number of β-lactam (4-membered cyclic amide) rings is 1. The fourth-order valence-corrected chi connectivity index (χ4v) is 5.19. The van der Waals surface area contributed by atoms with Crippen LogP contribution in [0, 0.1) is 17.8 Å². The lowest BCUT2D eigenvalue weighted by atomic mass is 9.76. The Morgan fingerprint density at radius 2 is 1.41 bits per heavy atom. The van der Waals surface area contributed by atoms with Gasteiger partial charge >= 0.3 is 12.2 Å². The number of alkyl carbamates (subject to hydrolysis) is 2. The molecular formula is C25H42N4O5. The van der Waals surface area contributed by atoms with E-state index >= 15 is 0 Å². The third-order valence-corrected chi connectivity index (χ3v) is 7.34. The summed E-state index contributed by atoms with van der Waals surface area (Å²) in [5.74, 6) is 0.825. The first-order valence-corrected chi connectivity index (χ1v) is 13.1. The molecule has 0 aromatic rings. The van der Waals surface area contributed by atoms with E-state index in [0.717, 1.165) is 25.7 Å². The molecule has 3 amide bonds. The van der Waals surface area contributed by atoms with Gasteiger partial charge in [-0.25, -0.2) is 9.59 Å². The summed E-state index contributed by atoms with van der Waals surface area (Å²) in [4.78, 5) is 40.8. The molecular weight excluding hydrogens is 436 g/mol. The highest BCUT2D eigenvalue weighted by Crippen LogP contribution is 2.30. The molecule has 0 bridgehead atoms. The van der Waals surface area contributed by atoms with E-state index < -0.39 is 12.2 Å². The van der Waals surface area contributed by atoms with Crippen molar-refractivity contribution in [3.63, 3.8) is 0 Å². The van der Waals surface area contributed by atoms with Crippen molar-refractivity contribution in [3.8, 4) is 0 Å². The Morgan fingerprint density at radius 1 is 0.912 bits per heavy atom. The number of nitrogens with one attached hydrogen (secondary N) is 3. The highest BCUT2D eigenvalue weighted by atomic mass is 16.6. The zero-order valence-electron chi connectivity index (χ0n) is 20.8. The summed E-state index contributed by atoms with van der Waals surface area (Å²) in [7, 11) is 0. The summed E-state index contributed by atoms with van der Waals surface area (Å²) in [5.41, 5.74) is -0.202. The number of hydrogen-bond acceptors (Lipinski definition) is 6. The van der Waals surface area contributed by atoms with Gasteiger partial charge in [-0.1, -0.05) is 38.5 Å². The summed E-state index contributed by atoms with van der Waals surface area (Å²) in [6, 6.07) is 0. The molecule has 2 aliphatic carbocycles. The van der Waals surface area contributed by atoms with Crippen molar-refractivity contribution in [2.24, 2.45) is 22.7 Å². The first-order chi connectivity index (χ1) is 16.3. The van der Waals surface area contributed by atoms with E-state index in [2.05, 4.69) is 20.9 Å². The zero-order chi connectivity index (χ0) is 24.4. The standard InChI is InChI=1S/C25H42N4O5/c1-25(2)20(21(30)29-25)14-9-15-26-22(27-23(31)33-16-18-10-5-3-6-11-18)28-24(32)34-17-19-12-7-4-8-13-19/h18-20H,3-17H2,1-2H3,(H,29,30)(H2,26,27,28,31,32)/t20-/m0/s1. The first kappa shape index (κ1) is 26.3. The topological polar surface area (TPSA) is 118 Å². The minimum atomic E-state index is -0.628. The molecule has 2 saturated carbocycles. The minimum Gasteiger partial charge on any atom is -0.449 e. The van der Waals surface area contributed by atoms with Crippen LogP contribution in [0.15, 0.2) is 4.99 Å². The maximum absolute atomic E-state index is 12.3. The monoisotopic (exact) mass is 478 g/mol. The highest BCUT2D eigenvalue weighted by Gasteiger charge is 2.45. The summed E-state index contributed by atoms with van der Waals surface area (Å²) in [5, 5.41) is 8.02. The maximum Gasteiger partial charge on any atom is 0.413 e. The number of carbonyl (C=O) groups is 3. The van der Waals surface area contributed by atoms with Crippen LogP contribution in [-0.2, 0) is 14.3 Å². The molecule has 9 nitrogen and oxygen atoms in total. The Bertz CT molecular complexity index is 689. The molecule has 3 fully saturated rings. The number of rotatable bonds is 8. The lowest BCUT2D eigenvalue weighted by Gasteiger charge is -2.44. The molecule has 0 unspecified atom stereocenters. The SMILES string of the molecule is CC1(C)NC(=O)[C@@H]1CCCN=C(NC(=O)OCC1CCCCC1)NC(=O)OCC1CCCCC1. The molecule has 0 aromatic heterocycles. The molecule has 1 saturated heterocycles. The lowest BCUT2D eigenvalue weighted by molar-refractivity contribution is -0.140. The van der Waals surface area contributed by atoms with Crippen molar-refractivity contribution >= 4 is 24.1 Å². The normalized spacial score (nSPS) is 22.6. The van der Waals surface area contributed by atoms with Crippen LogP contribution in [0.25, 0.3) is 0 Å². The summed E-state index contributed by atoms with van der Waals surface area (Å²) in [6.07, 6.45) is 11.6. The average molecular weight is 479 g/mol. The van der Waals surface area contributed by atoms with Crippen molar-refractivity contribution in [3.05, 3.63) is 0 Å². The van der Waals surface area contributed by atoms with Crippen molar-refractivity contribution in [1.82, 2.24) is 16.0 Å². The Balaban J connectivity index is 1.46. The quantitative estimate of drug-likeness (QED) is 0.208. The van der Waals surface area contributed by atoms with Gasteiger partial charge in [-0.3, -0.25) is 20.4 Å². The van der Waals surface area contributed by atoms with E-state index in [1.807, 2.05) is 13.8 Å². The smallest absolute Gasteiger partial charge is 0.413 e. The highest BCUT2D eigenvalue weighted by molar-refractivity contribution is 6.01. The van der Waals surface area contributed by atoms with E-state index in [9.17, 15) is 14.4 Å². The molecule has 34 heavy (non-hydrogen) atoms. The van der Waals surface area contributed by atoms with Gasteiger partial charge in [0.2, 0.25) is 11.9 Å². The predicted molar refractivity (Wildman–Crippen MR) is 129 cm³/mol. The number of amides is 3. The van der Waals surface area contributed by atoms with Gasteiger partial charge in [0.1, 0.15) is 0 Å². The lowest BCUT2D eigenvalue weighted by Crippen LogP contribution is -2.65. The van der Waals surface area contributed by atoms with Crippen LogP contribution in [0.1, 0.15) is 90.9 Å². The third-order valence-electron chi connectivity index (χ3n) is 7.34. The van der Waals surface area contributed by atoms with Gasteiger partial charge in [-0.2, -0.15) is 0 Å². The van der Waals surface area contributed by atoms with Gasteiger partial charge in [0.15, 0.2) is 0 Å². The second-order valence-corrected chi connectivity index (χ2v) is 10.6. The summed E-state index contributed by atoms with van der Waals surface area (Å²) >= 11 is 0. The van der Waals surface area contributed by atoms with Gasteiger partial charge in [0, 0.05) is 12.1 Å². The van der Waals surface area contributed by atoms with Crippen LogP contribution in [0.4, 0.5) is 9.59 Å². The third kappa shape index (κ3) is 8.47. The van der Waals surface area contributed by atoms with Crippen molar-refractivity contribution in [1.29, 1.82) is 0 Å². The van der Waals surface area contributed by atoms with Gasteiger partial charge in [-0.15, -0.1) is 0 Å². The molecule has 3 N–H and O–H groups in total. The van der Waals surface area contributed by atoms with Crippen LogP contribution in [0.5, 0.6) is 0 Å². The maximum atomic E-state index is 12.3. The van der Waals surface area contributed by atoms with Crippen LogP contribution in [0.2, 0.25) is 0 Å². The number of guanidine groups is 1. The van der Waals surface area contributed by atoms with Crippen molar-refractivity contribution < 1.29 is 23.9 Å². The number of ether oxygens (including phenoxy) is 2. The molecule has 192 valence electrons. The Morgan fingerprint density at radius 3 is 1.85 bits per heavy atom. The summed E-state index contributed by atoms with van der Waals surface area (Å²) < 4.78 is 10.8. The van der Waals surface area contributed by atoms with E-state index in [4.69, 9.17) is 9.47 Å².